The summed E-state index contributed by atoms with van der Waals surface area (Å²) in [6, 6.07) is 0. The van der Waals surface area contributed by atoms with E-state index in [1.54, 1.807) is 0 Å². The minimum Gasteiger partial charge on any atom is -0.437 e. The van der Waals surface area contributed by atoms with Gasteiger partial charge >= 0.3 is 12.3 Å². The Labute approximate surface area is 79.8 Å². The lowest BCUT2D eigenvalue weighted by Gasteiger charge is -2.20. The van der Waals surface area contributed by atoms with E-state index < -0.39 is 18.4 Å². The SMILES string of the molecule is CC(OC(=O)N1CCCC1)C(F)(F)F. The van der Waals surface area contributed by atoms with Crippen LogP contribution in [0.4, 0.5) is 18.0 Å². The summed E-state index contributed by atoms with van der Waals surface area (Å²) in [4.78, 5) is 12.4. The third-order valence-electron chi connectivity index (χ3n) is 2.10. The largest absolute Gasteiger partial charge is 0.437 e. The smallest absolute Gasteiger partial charge is 0.425 e. The first-order valence-corrected chi connectivity index (χ1v) is 4.43. The Balaban J connectivity index is 2.40. The third kappa shape index (κ3) is 2.78. The van der Waals surface area contributed by atoms with E-state index in [1.165, 1.54) is 4.90 Å². The maximum Gasteiger partial charge on any atom is 0.425 e. The zero-order chi connectivity index (χ0) is 10.8. The molecule has 1 aliphatic rings. The Bertz CT molecular complexity index is 211. The van der Waals surface area contributed by atoms with Crippen LogP contribution in [0.15, 0.2) is 0 Å². The van der Waals surface area contributed by atoms with Crippen molar-refractivity contribution in [3.8, 4) is 0 Å². The third-order valence-corrected chi connectivity index (χ3v) is 2.10. The zero-order valence-electron chi connectivity index (χ0n) is 7.80. The molecule has 1 fully saturated rings. The van der Waals surface area contributed by atoms with Gasteiger partial charge in [0.25, 0.3) is 0 Å². The van der Waals surface area contributed by atoms with Crippen molar-refractivity contribution in [1.29, 1.82) is 0 Å². The second-order valence-electron chi connectivity index (χ2n) is 3.26. The van der Waals surface area contributed by atoms with Crippen molar-refractivity contribution in [2.24, 2.45) is 0 Å². The van der Waals surface area contributed by atoms with Crippen molar-refractivity contribution in [2.75, 3.05) is 13.1 Å². The minimum absolute atomic E-state index is 0.489. The quantitative estimate of drug-likeness (QED) is 0.665. The summed E-state index contributed by atoms with van der Waals surface area (Å²) in [6.45, 7) is 1.81. The van der Waals surface area contributed by atoms with E-state index >= 15 is 0 Å². The molecule has 1 atom stereocenters. The van der Waals surface area contributed by atoms with Gasteiger partial charge in [-0.15, -0.1) is 0 Å². The molecule has 1 unspecified atom stereocenters. The molecule has 1 heterocycles. The Kier molecular flexibility index (Phi) is 3.23. The molecule has 0 aromatic rings. The highest BCUT2D eigenvalue weighted by atomic mass is 19.4. The monoisotopic (exact) mass is 211 g/mol. The lowest BCUT2D eigenvalue weighted by molar-refractivity contribution is -0.199. The number of hydrogen-bond acceptors (Lipinski definition) is 2. The van der Waals surface area contributed by atoms with Crippen LogP contribution in [-0.2, 0) is 4.74 Å². The van der Waals surface area contributed by atoms with E-state index in [0.29, 0.717) is 13.1 Å². The van der Waals surface area contributed by atoms with Gasteiger partial charge in [-0.05, 0) is 19.8 Å². The maximum absolute atomic E-state index is 12.0. The van der Waals surface area contributed by atoms with Gasteiger partial charge in [0.1, 0.15) is 0 Å². The summed E-state index contributed by atoms with van der Waals surface area (Å²) >= 11 is 0. The molecule has 14 heavy (non-hydrogen) atoms. The molecule has 3 nitrogen and oxygen atoms in total. The summed E-state index contributed by atoms with van der Waals surface area (Å²) in [7, 11) is 0. The summed E-state index contributed by atoms with van der Waals surface area (Å²) in [5, 5.41) is 0. The molecule has 82 valence electrons. The van der Waals surface area contributed by atoms with Gasteiger partial charge in [0.15, 0.2) is 6.10 Å². The number of halogens is 3. The average molecular weight is 211 g/mol. The normalized spacial score (nSPS) is 19.6. The van der Waals surface area contributed by atoms with Crippen LogP contribution in [0.2, 0.25) is 0 Å². The van der Waals surface area contributed by atoms with Gasteiger partial charge in [0.05, 0.1) is 0 Å². The average Bonchev–Trinajstić information content (AvgIpc) is 2.53. The fourth-order valence-electron chi connectivity index (χ4n) is 1.19. The van der Waals surface area contributed by atoms with Crippen LogP contribution in [0.1, 0.15) is 19.8 Å². The fourth-order valence-corrected chi connectivity index (χ4v) is 1.19. The van der Waals surface area contributed by atoms with Crippen LogP contribution in [0.5, 0.6) is 0 Å². The maximum atomic E-state index is 12.0. The molecule has 0 aliphatic carbocycles. The molecule has 0 spiro atoms. The minimum atomic E-state index is -4.48. The summed E-state index contributed by atoms with van der Waals surface area (Å²) in [5.74, 6) is 0. The molecule has 0 N–H and O–H groups in total. The fraction of sp³-hybridized carbons (Fsp3) is 0.875. The molecule has 0 radical (unpaired) electrons. The predicted octanol–water partition coefficient (Wildman–Crippen LogP) is 2.17. The molecule has 1 aliphatic heterocycles. The Morgan fingerprint density at radius 2 is 1.86 bits per heavy atom. The first-order chi connectivity index (χ1) is 6.41. The lowest BCUT2D eigenvalue weighted by Crippen LogP contribution is -2.37. The number of rotatable bonds is 1. The molecule has 1 amide bonds. The molecular weight excluding hydrogens is 199 g/mol. The van der Waals surface area contributed by atoms with Gasteiger partial charge < -0.3 is 9.64 Å². The van der Waals surface area contributed by atoms with Crippen LogP contribution >= 0.6 is 0 Å². The number of likely N-dealkylation sites (tertiary alicyclic amines) is 1. The van der Waals surface area contributed by atoms with Gasteiger partial charge in [0.2, 0.25) is 0 Å². The highest BCUT2D eigenvalue weighted by molar-refractivity contribution is 5.68. The van der Waals surface area contributed by atoms with Crippen LogP contribution in [0.25, 0.3) is 0 Å². The van der Waals surface area contributed by atoms with E-state index in [2.05, 4.69) is 4.74 Å². The molecule has 1 rings (SSSR count). The highest BCUT2D eigenvalue weighted by Crippen LogP contribution is 2.23. The van der Waals surface area contributed by atoms with Crippen LogP contribution in [0, 0.1) is 0 Å². The lowest BCUT2D eigenvalue weighted by atomic mass is 10.4. The summed E-state index contributed by atoms with van der Waals surface area (Å²) in [5.41, 5.74) is 0. The standard InChI is InChI=1S/C8H12F3NO2/c1-6(8(9,10)11)14-7(13)12-4-2-3-5-12/h6H,2-5H2,1H3. The van der Waals surface area contributed by atoms with Gasteiger partial charge in [-0.1, -0.05) is 0 Å². The van der Waals surface area contributed by atoms with Crippen molar-refractivity contribution in [3.63, 3.8) is 0 Å². The van der Waals surface area contributed by atoms with Crippen molar-refractivity contribution < 1.29 is 22.7 Å². The highest BCUT2D eigenvalue weighted by Gasteiger charge is 2.40. The Morgan fingerprint density at radius 1 is 1.36 bits per heavy atom. The number of ether oxygens (including phenoxy) is 1. The number of alkyl halides is 3. The first-order valence-electron chi connectivity index (χ1n) is 4.43. The van der Waals surface area contributed by atoms with Crippen molar-refractivity contribution in [3.05, 3.63) is 0 Å². The number of carbonyl (C=O) groups is 1. The number of amides is 1. The molecular formula is C8H12F3NO2. The second-order valence-corrected chi connectivity index (χ2v) is 3.26. The van der Waals surface area contributed by atoms with Crippen LogP contribution in [0.3, 0.4) is 0 Å². The van der Waals surface area contributed by atoms with Crippen molar-refractivity contribution in [1.82, 2.24) is 4.90 Å². The topological polar surface area (TPSA) is 29.5 Å². The van der Waals surface area contributed by atoms with E-state index in [-0.39, 0.29) is 0 Å². The zero-order valence-corrected chi connectivity index (χ0v) is 7.80. The summed E-state index contributed by atoms with van der Waals surface area (Å²) < 4.78 is 40.3. The molecule has 1 saturated heterocycles. The van der Waals surface area contributed by atoms with Gasteiger partial charge in [-0.3, -0.25) is 0 Å². The Hall–Kier alpha value is -0.940. The van der Waals surface area contributed by atoms with Gasteiger partial charge in [0, 0.05) is 13.1 Å². The number of hydrogen-bond donors (Lipinski definition) is 0. The molecule has 0 bridgehead atoms. The van der Waals surface area contributed by atoms with Crippen molar-refractivity contribution in [2.45, 2.75) is 32.0 Å². The second kappa shape index (κ2) is 4.06. The number of nitrogens with zero attached hydrogens (tertiary/aromatic N) is 1. The predicted molar refractivity (Wildman–Crippen MR) is 42.8 cm³/mol. The van der Waals surface area contributed by atoms with E-state index in [0.717, 1.165) is 19.8 Å². The van der Waals surface area contributed by atoms with E-state index in [4.69, 9.17) is 0 Å². The Morgan fingerprint density at radius 3 is 2.29 bits per heavy atom. The van der Waals surface area contributed by atoms with E-state index in [1.807, 2.05) is 0 Å². The van der Waals surface area contributed by atoms with Crippen LogP contribution in [-0.4, -0.2) is 36.4 Å². The molecule has 6 heteroatoms. The van der Waals surface area contributed by atoms with E-state index in [9.17, 15) is 18.0 Å². The van der Waals surface area contributed by atoms with Gasteiger partial charge in [-0.2, -0.15) is 13.2 Å². The van der Waals surface area contributed by atoms with Crippen molar-refractivity contribution >= 4 is 6.09 Å². The van der Waals surface area contributed by atoms with Crippen LogP contribution < -0.4 is 0 Å². The molecule has 0 aromatic heterocycles. The molecule has 0 saturated carbocycles. The summed E-state index contributed by atoms with van der Waals surface area (Å²) in [6.07, 6.45) is -5.72. The van der Waals surface area contributed by atoms with Gasteiger partial charge in [-0.25, -0.2) is 4.79 Å². The number of carbonyl (C=O) groups excluding carboxylic acids is 1. The first kappa shape index (κ1) is 11.1. The molecule has 0 aromatic carbocycles.